The van der Waals surface area contributed by atoms with Crippen LogP contribution in [0.5, 0.6) is 0 Å². The van der Waals surface area contributed by atoms with Crippen molar-refractivity contribution >= 4 is 7.60 Å². The van der Waals surface area contributed by atoms with E-state index in [0.717, 1.165) is 0 Å². The zero-order valence-electron chi connectivity index (χ0n) is 3.96. The second kappa shape index (κ2) is 1.92. The molecule has 0 fully saturated rings. The summed E-state index contributed by atoms with van der Waals surface area (Å²) in [6.45, 7) is 1.25. The Labute approximate surface area is 41.5 Å². The third-order valence-corrected chi connectivity index (χ3v) is 1.62. The van der Waals surface area contributed by atoms with Crippen molar-refractivity contribution in [2.75, 3.05) is 0 Å². The minimum Gasteiger partial charge on any atom is -0.807 e. The molecule has 0 aliphatic rings. The van der Waals surface area contributed by atoms with Crippen LogP contribution in [0, 0.1) is 0 Å². The largest absolute Gasteiger partial charge is 0.807 e. The first-order chi connectivity index (χ1) is 2.94. The molecule has 7 heavy (non-hydrogen) atoms. The number of hydrogen-bond donors (Lipinski definition) is 1. The van der Waals surface area contributed by atoms with Crippen LogP contribution >= 0.6 is 7.60 Å². The predicted molar refractivity (Wildman–Crippen MR) is 20.0 cm³/mol. The maximum Gasteiger partial charge on any atom is 0.107 e. The molecule has 0 aromatic rings. The van der Waals surface area contributed by atoms with Crippen LogP contribution in [0.2, 0.25) is 0 Å². The highest BCUT2D eigenvalue weighted by Crippen LogP contribution is 2.24. The van der Waals surface area contributed by atoms with E-state index >= 15 is 0 Å². The lowest BCUT2D eigenvalue weighted by molar-refractivity contribution is -0.425. The van der Waals surface area contributed by atoms with Crippen LogP contribution in [0.3, 0.4) is 0 Å². The fraction of sp³-hybridized carbons (Fsp3) is 1.00. The molecule has 0 bridgehead atoms. The Hall–Kier alpha value is 0.110. The molecule has 0 aliphatic carbocycles. The van der Waals surface area contributed by atoms with E-state index in [0.29, 0.717) is 0 Å². The quantitative estimate of drug-likeness (QED) is 0.391. The first kappa shape index (κ1) is 7.11. The second-order valence-corrected chi connectivity index (χ2v) is 3.35. The molecule has 0 saturated carbocycles. The highest BCUT2D eigenvalue weighted by Gasteiger charge is 1.98. The molecule has 0 aromatic heterocycles. The Morgan fingerprint density at radius 1 is 1.71 bits per heavy atom. The van der Waals surface area contributed by atoms with Crippen LogP contribution in [0.25, 0.3) is 0 Å². The molecule has 1 atom stereocenters. The summed E-state index contributed by atoms with van der Waals surface area (Å²) < 4.78 is 9.74. The monoisotopic (exact) mass is 124 g/mol. The third-order valence-electron chi connectivity index (χ3n) is 0.540. The molecule has 0 saturated heterocycles. The second-order valence-electron chi connectivity index (χ2n) is 1.39. The molecule has 0 unspecified atom stereocenters. The maximum atomic E-state index is 9.74. The average molecular weight is 124 g/mol. The minimum atomic E-state index is -4.35. The third kappa shape index (κ3) is 2.76. The van der Waals surface area contributed by atoms with Gasteiger partial charge in [-0.05, 0) is 14.5 Å². The zero-order valence-corrected chi connectivity index (χ0v) is 4.85. The molecule has 44 valence electrons. The highest BCUT2D eigenvalue weighted by molar-refractivity contribution is 7.49. The summed E-state index contributed by atoms with van der Waals surface area (Å²) in [6.07, 6.45) is 0. The topological polar surface area (TPSA) is 90.8 Å². The van der Waals surface area contributed by atoms with E-state index in [9.17, 15) is 14.4 Å². The van der Waals surface area contributed by atoms with Gasteiger partial charge in [0, 0.05) is 0 Å². The molecular formula is C2H7NO3P-. The van der Waals surface area contributed by atoms with Crippen molar-refractivity contribution in [2.45, 2.75) is 12.7 Å². The Morgan fingerprint density at radius 2 is 1.86 bits per heavy atom. The van der Waals surface area contributed by atoms with Gasteiger partial charge in [0.15, 0.2) is 0 Å². The number of hydrogen-bond acceptors (Lipinski definition) is 3. The highest BCUT2D eigenvalue weighted by atomic mass is 31.2. The van der Waals surface area contributed by atoms with Gasteiger partial charge in [0.25, 0.3) is 0 Å². The molecule has 0 heterocycles. The number of quaternary nitrogens is 1. The van der Waals surface area contributed by atoms with Gasteiger partial charge in [0.05, 0.1) is 0 Å². The van der Waals surface area contributed by atoms with Gasteiger partial charge in [-0.1, -0.05) is 0 Å². The normalized spacial score (nSPS) is 16.6. The van der Waals surface area contributed by atoms with Crippen LogP contribution in [0.15, 0.2) is 0 Å². The molecule has 3 N–H and O–H groups in total. The first-order valence-electron chi connectivity index (χ1n) is 1.79. The van der Waals surface area contributed by atoms with Crippen molar-refractivity contribution in [1.82, 2.24) is 0 Å². The molecule has 0 aliphatic heterocycles. The molecule has 0 radical (unpaired) electrons. The van der Waals surface area contributed by atoms with Crippen molar-refractivity contribution in [3.63, 3.8) is 0 Å². The molecule has 0 aromatic carbocycles. The van der Waals surface area contributed by atoms with Gasteiger partial charge < -0.3 is 20.1 Å². The lowest BCUT2D eigenvalue weighted by Crippen LogP contribution is -2.61. The SMILES string of the molecule is C[C@@H]([NH3+])P(=O)([O-])[O-]. The lowest BCUT2D eigenvalue weighted by Gasteiger charge is -2.29. The summed E-state index contributed by atoms with van der Waals surface area (Å²) in [7, 11) is -4.35. The van der Waals surface area contributed by atoms with Gasteiger partial charge in [-0.3, -0.25) is 0 Å². The van der Waals surface area contributed by atoms with Crippen molar-refractivity contribution in [1.29, 1.82) is 0 Å². The Morgan fingerprint density at radius 3 is 1.86 bits per heavy atom. The molecule has 5 heteroatoms. The van der Waals surface area contributed by atoms with Crippen molar-refractivity contribution in [2.24, 2.45) is 0 Å². The molecule has 0 spiro atoms. The summed E-state index contributed by atoms with van der Waals surface area (Å²) in [5.41, 5.74) is 3.02. The standard InChI is InChI=1S/C2H8NO3P/c1-2(3)7(4,5)6/h2H,3H2,1H3,(H2,4,5,6)/p-1/t2-/m0/s1. The van der Waals surface area contributed by atoms with E-state index in [1.165, 1.54) is 6.92 Å². The van der Waals surface area contributed by atoms with E-state index < -0.39 is 13.4 Å². The Kier molecular flexibility index (Phi) is 1.95. The van der Waals surface area contributed by atoms with E-state index in [1.54, 1.807) is 0 Å². The predicted octanol–water partition coefficient (Wildman–Crippen LogP) is -2.51. The smallest absolute Gasteiger partial charge is 0.107 e. The van der Waals surface area contributed by atoms with Crippen LogP contribution in [-0.2, 0) is 4.57 Å². The van der Waals surface area contributed by atoms with E-state index in [2.05, 4.69) is 5.73 Å². The van der Waals surface area contributed by atoms with Gasteiger partial charge in [-0.2, -0.15) is 0 Å². The fourth-order valence-electron chi connectivity index (χ4n) is 0. The Balaban J connectivity index is 3.80. The van der Waals surface area contributed by atoms with Crippen LogP contribution in [0.1, 0.15) is 6.92 Å². The van der Waals surface area contributed by atoms with Gasteiger partial charge in [-0.15, -0.1) is 0 Å². The summed E-state index contributed by atoms with van der Waals surface area (Å²) >= 11 is 0. The maximum absolute atomic E-state index is 9.74. The lowest BCUT2D eigenvalue weighted by atomic mass is 10.8. The first-order valence-corrected chi connectivity index (χ1v) is 3.40. The van der Waals surface area contributed by atoms with Crippen molar-refractivity contribution < 1.29 is 20.1 Å². The summed E-state index contributed by atoms with van der Waals surface area (Å²) in [4.78, 5) is 19.5. The summed E-state index contributed by atoms with van der Waals surface area (Å²) in [6, 6.07) is 0. The molecule has 0 rings (SSSR count). The van der Waals surface area contributed by atoms with E-state index in [-0.39, 0.29) is 0 Å². The van der Waals surface area contributed by atoms with E-state index in [1.807, 2.05) is 0 Å². The van der Waals surface area contributed by atoms with Crippen LogP contribution in [0.4, 0.5) is 0 Å². The molecular weight excluding hydrogens is 117 g/mol. The fourth-order valence-corrected chi connectivity index (χ4v) is 0. The van der Waals surface area contributed by atoms with Crippen LogP contribution in [-0.4, -0.2) is 5.78 Å². The average Bonchev–Trinajstić information content (AvgIpc) is 1.31. The summed E-state index contributed by atoms with van der Waals surface area (Å²) in [5.74, 6) is -1.01. The van der Waals surface area contributed by atoms with Crippen LogP contribution < -0.4 is 15.5 Å². The minimum absolute atomic E-state index is 1.01. The zero-order chi connectivity index (χ0) is 6.08. The van der Waals surface area contributed by atoms with Gasteiger partial charge in [-0.25, -0.2) is 0 Å². The van der Waals surface area contributed by atoms with Gasteiger partial charge in [0.1, 0.15) is 5.78 Å². The summed E-state index contributed by atoms with van der Waals surface area (Å²) in [5, 5.41) is 0. The Bertz CT molecular complexity index is 95.1. The molecule has 4 nitrogen and oxygen atoms in total. The molecule has 0 amide bonds. The van der Waals surface area contributed by atoms with Crippen molar-refractivity contribution in [3.05, 3.63) is 0 Å². The van der Waals surface area contributed by atoms with Gasteiger partial charge in [0.2, 0.25) is 0 Å². The van der Waals surface area contributed by atoms with Crippen molar-refractivity contribution in [3.8, 4) is 0 Å². The number of rotatable bonds is 1. The van der Waals surface area contributed by atoms with E-state index in [4.69, 9.17) is 0 Å². The van der Waals surface area contributed by atoms with Gasteiger partial charge >= 0.3 is 0 Å².